The van der Waals surface area contributed by atoms with Gasteiger partial charge in [-0.05, 0) is 80.2 Å². The highest BCUT2D eigenvalue weighted by Gasteiger charge is 2.31. The fraction of sp³-hybridized carbons (Fsp3) is 0.324. The SMILES string of the molecule is Cc1ccc(-n2nc(C(C)(C)C)cc2NC(=O)Nc2cccc(C(C(=O)Cc3c[nH]c4ccccc34)C3CCNCC3)c2)cc1. The van der Waals surface area contributed by atoms with E-state index in [1.807, 2.05) is 85.9 Å². The molecule has 0 aliphatic carbocycles. The van der Waals surface area contributed by atoms with Gasteiger partial charge in [0.15, 0.2) is 0 Å². The van der Waals surface area contributed by atoms with Crippen LogP contribution in [0.3, 0.4) is 0 Å². The number of ketones is 1. The number of aryl methyl sites for hydroxylation is 1. The van der Waals surface area contributed by atoms with Crippen molar-refractivity contribution >= 4 is 34.2 Å². The summed E-state index contributed by atoms with van der Waals surface area (Å²) in [4.78, 5) is 30.8. The van der Waals surface area contributed by atoms with Crippen LogP contribution in [0.2, 0.25) is 0 Å². The number of nitrogens with zero attached hydrogens (tertiary/aromatic N) is 2. The van der Waals surface area contributed by atoms with E-state index in [2.05, 4.69) is 47.8 Å². The maximum absolute atomic E-state index is 14.1. The van der Waals surface area contributed by atoms with Crippen LogP contribution in [0.1, 0.15) is 61.9 Å². The maximum atomic E-state index is 14.1. The average molecular weight is 603 g/mol. The molecule has 0 saturated carbocycles. The summed E-state index contributed by atoms with van der Waals surface area (Å²) in [6.45, 7) is 10.1. The lowest BCUT2D eigenvalue weighted by Crippen LogP contribution is -2.34. The molecule has 8 nitrogen and oxygen atoms in total. The normalized spacial score (nSPS) is 14.8. The van der Waals surface area contributed by atoms with Gasteiger partial charge in [0, 0.05) is 46.6 Å². The van der Waals surface area contributed by atoms with E-state index in [1.165, 1.54) is 0 Å². The number of carbonyl (C=O) groups is 2. The molecule has 1 atom stereocenters. The lowest BCUT2D eigenvalue weighted by Gasteiger charge is -2.30. The lowest BCUT2D eigenvalue weighted by atomic mass is 9.76. The number of hydrogen-bond donors (Lipinski definition) is 4. The first-order valence-electron chi connectivity index (χ1n) is 15.8. The summed E-state index contributed by atoms with van der Waals surface area (Å²) in [5.41, 5.74) is 6.32. The highest BCUT2D eigenvalue weighted by atomic mass is 16.2. The predicted molar refractivity (Wildman–Crippen MR) is 181 cm³/mol. The van der Waals surface area contributed by atoms with Crippen molar-refractivity contribution in [3.63, 3.8) is 0 Å². The Bertz CT molecular complexity index is 1800. The third kappa shape index (κ3) is 6.86. The van der Waals surface area contributed by atoms with Gasteiger partial charge >= 0.3 is 6.03 Å². The second kappa shape index (κ2) is 12.7. The number of aromatic nitrogens is 3. The molecule has 1 unspecified atom stereocenters. The number of nitrogens with one attached hydrogen (secondary N) is 4. The van der Waals surface area contributed by atoms with Crippen molar-refractivity contribution in [3.8, 4) is 5.69 Å². The second-order valence-electron chi connectivity index (χ2n) is 13.2. The van der Waals surface area contributed by atoms with E-state index in [4.69, 9.17) is 5.10 Å². The third-order valence-electron chi connectivity index (χ3n) is 8.74. The molecule has 1 saturated heterocycles. The fourth-order valence-electron chi connectivity index (χ4n) is 6.28. The predicted octanol–water partition coefficient (Wildman–Crippen LogP) is 7.50. The van der Waals surface area contributed by atoms with Crippen LogP contribution in [-0.2, 0) is 16.6 Å². The van der Waals surface area contributed by atoms with Crippen molar-refractivity contribution in [1.29, 1.82) is 0 Å². The first-order valence-corrected chi connectivity index (χ1v) is 15.8. The second-order valence-corrected chi connectivity index (χ2v) is 13.2. The molecule has 3 heterocycles. The van der Waals surface area contributed by atoms with Gasteiger partial charge in [0.2, 0.25) is 0 Å². The Morgan fingerprint density at radius 2 is 1.71 bits per heavy atom. The molecule has 232 valence electrons. The number of benzene rings is 3. The Morgan fingerprint density at radius 3 is 2.47 bits per heavy atom. The summed E-state index contributed by atoms with van der Waals surface area (Å²) >= 11 is 0. The Hall–Kier alpha value is -4.69. The number of carbonyl (C=O) groups excluding carboxylic acids is 2. The highest BCUT2D eigenvalue weighted by Crippen LogP contribution is 2.35. The largest absolute Gasteiger partial charge is 0.361 e. The van der Waals surface area contributed by atoms with E-state index in [0.717, 1.165) is 64.9 Å². The number of piperidine rings is 1. The number of Topliss-reactive ketones (excluding diaryl/α,β-unsaturated/α-hetero) is 1. The van der Waals surface area contributed by atoms with E-state index in [9.17, 15) is 9.59 Å². The number of rotatable bonds is 8. The van der Waals surface area contributed by atoms with Gasteiger partial charge < -0.3 is 15.6 Å². The van der Waals surface area contributed by atoms with Crippen molar-refractivity contribution in [2.45, 2.75) is 58.3 Å². The van der Waals surface area contributed by atoms with Crippen LogP contribution in [0.15, 0.2) is 85.1 Å². The molecule has 0 spiro atoms. The summed E-state index contributed by atoms with van der Waals surface area (Å²) in [6.07, 6.45) is 4.18. The topological polar surface area (TPSA) is 104 Å². The van der Waals surface area contributed by atoms with Gasteiger partial charge in [-0.2, -0.15) is 5.10 Å². The molecule has 3 aromatic carbocycles. The molecule has 8 heteroatoms. The van der Waals surface area contributed by atoms with Gasteiger partial charge in [0.1, 0.15) is 11.6 Å². The van der Waals surface area contributed by atoms with Crippen molar-refractivity contribution in [2.75, 3.05) is 23.7 Å². The van der Waals surface area contributed by atoms with Crippen LogP contribution in [0.25, 0.3) is 16.6 Å². The first-order chi connectivity index (χ1) is 21.7. The standard InChI is InChI=1S/C37H42N6O2/c1-24-12-14-29(15-13-24)43-34(22-33(42-43)37(2,3)4)41-36(45)40-28-9-7-8-26(20-28)35(25-16-18-38-19-17-25)32(44)21-27-23-39-31-11-6-5-10-30(27)31/h5-15,20,22-23,25,35,38-39H,16-19,21H2,1-4H3,(H2,40,41,45). The molecule has 0 radical (unpaired) electrons. The third-order valence-corrected chi connectivity index (χ3v) is 8.74. The Labute approximate surface area is 264 Å². The zero-order valence-corrected chi connectivity index (χ0v) is 26.5. The van der Waals surface area contributed by atoms with E-state index < -0.39 is 0 Å². The molecule has 45 heavy (non-hydrogen) atoms. The van der Waals surface area contributed by atoms with E-state index in [-0.39, 0.29) is 29.1 Å². The van der Waals surface area contributed by atoms with Crippen molar-refractivity contribution in [3.05, 3.63) is 107 Å². The maximum Gasteiger partial charge on any atom is 0.324 e. The molecular weight excluding hydrogens is 560 g/mol. The molecule has 4 N–H and O–H groups in total. The molecule has 2 amide bonds. The number of H-pyrrole nitrogens is 1. The van der Waals surface area contributed by atoms with Crippen LogP contribution in [0.4, 0.5) is 16.3 Å². The first kappa shape index (κ1) is 30.3. The zero-order chi connectivity index (χ0) is 31.6. The fourth-order valence-corrected chi connectivity index (χ4v) is 6.28. The van der Waals surface area contributed by atoms with Crippen LogP contribution in [-0.4, -0.2) is 39.7 Å². The smallest absolute Gasteiger partial charge is 0.324 e. The average Bonchev–Trinajstić information content (AvgIpc) is 3.63. The monoisotopic (exact) mass is 602 g/mol. The van der Waals surface area contributed by atoms with Gasteiger partial charge in [-0.3, -0.25) is 10.1 Å². The van der Waals surface area contributed by atoms with Crippen molar-refractivity contribution < 1.29 is 9.59 Å². The molecular formula is C37H42N6O2. The molecule has 6 rings (SSSR count). The number of aromatic amines is 1. The minimum atomic E-state index is -0.371. The lowest BCUT2D eigenvalue weighted by molar-refractivity contribution is -0.121. The van der Waals surface area contributed by atoms with Crippen molar-refractivity contribution in [2.24, 2.45) is 5.92 Å². The molecule has 2 aromatic heterocycles. The van der Waals surface area contributed by atoms with Crippen LogP contribution in [0, 0.1) is 12.8 Å². The van der Waals surface area contributed by atoms with E-state index in [0.29, 0.717) is 17.9 Å². The summed E-state index contributed by atoms with van der Waals surface area (Å²) in [6, 6.07) is 25.5. The number of anilines is 2. The minimum absolute atomic E-state index is 0.194. The Balaban J connectivity index is 1.24. The van der Waals surface area contributed by atoms with E-state index in [1.54, 1.807) is 4.68 Å². The van der Waals surface area contributed by atoms with Crippen LogP contribution < -0.4 is 16.0 Å². The molecule has 0 bridgehead atoms. The van der Waals surface area contributed by atoms with Gasteiger partial charge in [-0.15, -0.1) is 0 Å². The number of para-hydroxylation sites is 1. The summed E-state index contributed by atoms with van der Waals surface area (Å²) in [7, 11) is 0. The van der Waals surface area contributed by atoms with Gasteiger partial charge in [0.25, 0.3) is 0 Å². The highest BCUT2D eigenvalue weighted by molar-refractivity contribution is 6.00. The molecule has 1 fully saturated rings. The summed E-state index contributed by atoms with van der Waals surface area (Å²) in [5.74, 6) is 0.750. The molecule has 1 aliphatic rings. The minimum Gasteiger partial charge on any atom is -0.361 e. The number of hydrogen-bond acceptors (Lipinski definition) is 4. The van der Waals surface area contributed by atoms with Crippen LogP contribution >= 0.6 is 0 Å². The zero-order valence-electron chi connectivity index (χ0n) is 26.5. The molecule has 5 aromatic rings. The number of fused-ring (bicyclic) bond motifs is 1. The number of urea groups is 1. The van der Waals surface area contributed by atoms with Gasteiger partial charge in [-0.1, -0.05) is 68.8 Å². The Morgan fingerprint density at radius 1 is 0.956 bits per heavy atom. The van der Waals surface area contributed by atoms with Gasteiger partial charge in [-0.25, -0.2) is 9.48 Å². The van der Waals surface area contributed by atoms with Crippen LogP contribution in [0.5, 0.6) is 0 Å². The Kier molecular flexibility index (Phi) is 8.59. The quantitative estimate of drug-likeness (QED) is 0.148. The van der Waals surface area contributed by atoms with Gasteiger partial charge in [0.05, 0.1) is 11.4 Å². The molecule has 1 aliphatic heterocycles. The number of amides is 2. The van der Waals surface area contributed by atoms with E-state index >= 15 is 0 Å². The summed E-state index contributed by atoms with van der Waals surface area (Å²) in [5, 5.41) is 15.4. The van der Waals surface area contributed by atoms with Crippen molar-refractivity contribution in [1.82, 2.24) is 20.1 Å². The summed E-state index contributed by atoms with van der Waals surface area (Å²) < 4.78 is 1.77.